The van der Waals surface area contributed by atoms with E-state index in [4.69, 9.17) is 24.8 Å². The lowest BCUT2D eigenvalue weighted by Crippen LogP contribution is -2.29. The molecule has 0 fully saturated rings. The van der Waals surface area contributed by atoms with Crippen molar-refractivity contribution in [3.05, 3.63) is 23.8 Å². The molecule has 0 saturated carbocycles. The molecule has 0 aliphatic carbocycles. The van der Waals surface area contributed by atoms with Crippen molar-refractivity contribution in [2.45, 2.75) is 12.5 Å². The maximum atomic E-state index is 5.65. The minimum Gasteiger partial charge on any atom is -0.496 e. The molecule has 1 aromatic rings. The monoisotopic (exact) mass is 284 g/mol. The number of benzene rings is 1. The smallest absolute Gasteiger partial charge is 0.127 e. The van der Waals surface area contributed by atoms with Crippen molar-refractivity contribution in [3.63, 3.8) is 0 Å². The fourth-order valence-corrected chi connectivity index (χ4v) is 1.98. The Kier molecular flexibility index (Phi) is 7.98. The molecule has 0 spiro atoms. The molecular weight excluding hydrogens is 260 g/mol. The molecule has 0 aromatic heterocycles. The van der Waals surface area contributed by atoms with Crippen LogP contribution in [0.4, 0.5) is 0 Å². The summed E-state index contributed by atoms with van der Waals surface area (Å²) in [6, 6.07) is 5.54. The first-order valence-electron chi connectivity index (χ1n) is 6.52. The molecule has 20 heavy (non-hydrogen) atoms. The van der Waals surface area contributed by atoms with Crippen LogP contribution in [0.5, 0.6) is 11.5 Å². The van der Waals surface area contributed by atoms with Crippen LogP contribution in [0.25, 0.3) is 0 Å². The van der Waals surface area contributed by atoms with Gasteiger partial charge in [-0.1, -0.05) is 6.07 Å². The van der Waals surface area contributed by atoms with Crippen LogP contribution >= 0.6 is 0 Å². The van der Waals surface area contributed by atoms with E-state index in [-0.39, 0.29) is 6.04 Å². The zero-order valence-corrected chi connectivity index (χ0v) is 12.3. The molecule has 3 N–H and O–H groups in total. The predicted octanol–water partition coefficient (Wildman–Crippen LogP) is 1.26. The third-order valence-electron chi connectivity index (χ3n) is 3.00. The zero-order chi connectivity index (χ0) is 14.8. The molecule has 1 atom stereocenters. The van der Waals surface area contributed by atoms with E-state index in [9.17, 15) is 0 Å². The second-order valence-corrected chi connectivity index (χ2v) is 4.19. The predicted molar refractivity (Wildman–Crippen MR) is 76.9 cm³/mol. The maximum Gasteiger partial charge on any atom is 0.127 e. The average molecular weight is 284 g/mol. The molecule has 6 heteroatoms. The molecule has 1 aromatic carbocycles. The summed E-state index contributed by atoms with van der Waals surface area (Å²) in [7, 11) is 4.90. The van der Waals surface area contributed by atoms with Crippen molar-refractivity contribution in [2.75, 3.05) is 41.2 Å². The Bertz CT molecular complexity index is 365. The number of ether oxygens (including phenoxy) is 4. The van der Waals surface area contributed by atoms with Crippen LogP contribution in [-0.4, -0.2) is 41.2 Å². The van der Waals surface area contributed by atoms with Gasteiger partial charge >= 0.3 is 0 Å². The van der Waals surface area contributed by atoms with Crippen LogP contribution in [0.3, 0.4) is 0 Å². The van der Waals surface area contributed by atoms with E-state index in [0.717, 1.165) is 17.1 Å². The Balaban J connectivity index is 2.73. The highest BCUT2D eigenvalue weighted by Crippen LogP contribution is 2.35. The fraction of sp³-hybridized carbons (Fsp3) is 0.571. The number of hydrogen-bond acceptors (Lipinski definition) is 6. The Morgan fingerprint density at radius 1 is 1.05 bits per heavy atom. The molecule has 0 saturated heterocycles. The van der Waals surface area contributed by atoms with E-state index >= 15 is 0 Å². The Morgan fingerprint density at radius 2 is 1.70 bits per heavy atom. The van der Waals surface area contributed by atoms with Crippen molar-refractivity contribution in [2.24, 2.45) is 5.84 Å². The van der Waals surface area contributed by atoms with Gasteiger partial charge < -0.3 is 18.9 Å². The Morgan fingerprint density at radius 3 is 2.20 bits per heavy atom. The van der Waals surface area contributed by atoms with E-state index < -0.39 is 0 Å². The van der Waals surface area contributed by atoms with E-state index in [1.165, 1.54) is 0 Å². The van der Waals surface area contributed by atoms with Crippen LogP contribution < -0.4 is 20.7 Å². The van der Waals surface area contributed by atoms with Crippen LogP contribution in [0.1, 0.15) is 18.0 Å². The largest absolute Gasteiger partial charge is 0.496 e. The Hall–Kier alpha value is -1.34. The van der Waals surface area contributed by atoms with E-state index in [2.05, 4.69) is 5.43 Å². The summed E-state index contributed by atoms with van der Waals surface area (Å²) in [6.07, 6.45) is 0.705. The van der Waals surface area contributed by atoms with Crippen molar-refractivity contribution in [1.29, 1.82) is 0 Å². The van der Waals surface area contributed by atoms with Gasteiger partial charge in [0.05, 0.1) is 39.0 Å². The number of hydrazine groups is 1. The molecule has 0 bridgehead atoms. The molecular formula is C14H24N2O4. The van der Waals surface area contributed by atoms with Gasteiger partial charge in [-0.05, 0) is 18.6 Å². The number of methoxy groups -OCH3 is 3. The minimum absolute atomic E-state index is 0.108. The summed E-state index contributed by atoms with van der Waals surface area (Å²) in [5, 5.41) is 0. The van der Waals surface area contributed by atoms with Crippen molar-refractivity contribution in [1.82, 2.24) is 5.43 Å². The lowest BCUT2D eigenvalue weighted by Gasteiger charge is -2.21. The van der Waals surface area contributed by atoms with Gasteiger partial charge in [-0.3, -0.25) is 11.3 Å². The third-order valence-corrected chi connectivity index (χ3v) is 3.00. The van der Waals surface area contributed by atoms with Gasteiger partial charge in [0, 0.05) is 13.7 Å². The standard InChI is InChI=1S/C14H24N2O4/c1-17-9-10-20-8-7-11(16-15)14-12(18-2)5-4-6-13(14)19-3/h4-6,11,16H,7-10,15H2,1-3H3. The average Bonchev–Trinajstić information content (AvgIpc) is 2.50. The SMILES string of the molecule is COCCOCCC(NN)c1c(OC)cccc1OC. The van der Waals surface area contributed by atoms with Gasteiger partial charge in [-0.25, -0.2) is 0 Å². The van der Waals surface area contributed by atoms with E-state index in [0.29, 0.717) is 26.2 Å². The quantitative estimate of drug-likeness (QED) is 0.383. The molecule has 114 valence electrons. The summed E-state index contributed by atoms with van der Waals surface area (Å²) in [5.74, 6) is 7.13. The number of hydrogen-bond donors (Lipinski definition) is 2. The molecule has 0 radical (unpaired) electrons. The molecule has 0 amide bonds. The lowest BCUT2D eigenvalue weighted by molar-refractivity contribution is 0.0655. The summed E-state index contributed by atoms with van der Waals surface area (Å²) in [5.41, 5.74) is 3.69. The van der Waals surface area contributed by atoms with Crippen molar-refractivity contribution in [3.8, 4) is 11.5 Å². The summed E-state index contributed by atoms with van der Waals surface area (Å²) in [4.78, 5) is 0. The summed E-state index contributed by atoms with van der Waals surface area (Å²) in [6.45, 7) is 1.72. The van der Waals surface area contributed by atoms with Gasteiger partial charge in [-0.2, -0.15) is 0 Å². The lowest BCUT2D eigenvalue weighted by atomic mass is 10.0. The second-order valence-electron chi connectivity index (χ2n) is 4.19. The second kappa shape index (κ2) is 9.55. The van der Waals surface area contributed by atoms with Crippen LogP contribution in [-0.2, 0) is 9.47 Å². The van der Waals surface area contributed by atoms with Crippen LogP contribution in [0, 0.1) is 0 Å². The first kappa shape index (κ1) is 16.7. The van der Waals surface area contributed by atoms with Crippen LogP contribution in [0.2, 0.25) is 0 Å². The fourth-order valence-electron chi connectivity index (χ4n) is 1.98. The van der Waals surface area contributed by atoms with Gasteiger partial charge in [0.25, 0.3) is 0 Å². The molecule has 0 aliphatic rings. The van der Waals surface area contributed by atoms with E-state index in [1.54, 1.807) is 21.3 Å². The first-order chi connectivity index (χ1) is 9.78. The zero-order valence-electron chi connectivity index (χ0n) is 12.3. The van der Waals surface area contributed by atoms with E-state index in [1.807, 2.05) is 18.2 Å². The highest BCUT2D eigenvalue weighted by Gasteiger charge is 2.19. The topological polar surface area (TPSA) is 75.0 Å². The summed E-state index contributed by atoms with van der Waals surface area (Å²) < 4.78 is 21.2. The summed E-state index contributed by atoms with van der Waals surface area (Å²) >= 11 is 0. The van der Waals surface area contributed by atoms with Crippen LogP contribution in [0.15, 0.2) is 18.2 Å². The maximum absolute atomic E-state index is 5.65. The molecule has 1 rings (SSSR count). The van der Waals surface area contributed by atoms with Gasteiger partial charge in [0.2, 0.25) is 0 Å². The highest BCUT2D eigenvalue weighted by atomic mass is 16.5. The highest BCUT2D eigenvalue weighted by molar-refractivity contribution is 5.46. The number of nitrogens with two attached hydrogens (primary N) is 1. The molecule has 1 unspecified atom stereocenters. The van der Waals surface area contributed by atoms with Crippen molar-refractivity contribution >= 4 is 0 Å². The third kappa shape index (κ3) is 4.64. The molecule has 0 heterocycles. The molecule has 6 nitrogen and oxygen atoms in total. The Labute approximate surface area is 120 Å². The normalized spacial score (nSPS) is 12.2. The van der Waals surface area contributed by atoms with Crippen molar-refractivity contribution < 1.29 is 18.9 Å². The number of rotatable bonds is 10. The first-order valence-corrected chi connectivity index (χ1v) is 6.52. The minimum atomic E-state index is -0.108. The molecule has 0 aliphatic heterocycles. The number of nitrogens with one attached hydrogen (secondary N) is 1. The van der Waals surface area contributed by atoms with Gasteiger partial charge in [0.15, 0.2) is 0 Å². The van der Waals surface area contributed by atoms with Gasteiger partial charge in [0.1, 0.15) is 11.5 Å². The van der Waals surface area contributed by atoms with Gasteiger partial charge in [-0.15, -0.1) is 0 Å².